The number of halogens is 2. The second-order valence-corrected chi connectivity index (χ2v) is 4.20. The van der Waals surface area contributed by atoms with Crippen molar-refractivity contribution in [3.05, 3.63) is 55.7 Å². The Morgan fingerprint density at radius 3 is 2.70 bits per heavy atom. The average molecular weight is 299 g/mol. The molecule has 2 aromatic rings. The molecule has 104 valence electrons. The van der Waals surface area contributed by atoms with Gasteiger partial charge in [0.1, 0.15) is 0 Å². The molecule has 8 heteroatoms. The molecular formula is C12H8ClFN2O4. The van der Waals surface area contributed by atoms with Crippen LogP contribution in [0, 0.1) is 15.9 Å². The van der Waals surface area contributed by atoms with Gasteiger partial charge in [-0.15, -0.1) is 0 Å². The van der Waals surface area contributed by atoms with Gasteiger partial charge in [0.2, 0.25) is 0 Å². The van der Waals surface area contributed by atoms with Gasteiger partial charge in [0.25, 0.3) is 0 Å². The van der Waals surface area contributed by atoms with Gasteiger partial charge in [-0.05, 0) is 12.1 Å². The van der Waals surface area contributed by atoms with E-state index in [0.29, 0.717) is 0 Å². The predicted molar refractivity (Wildman–Crippen MR) is 70.7 cm³/mol. The maximum Gasteiger partial charge on any atom is 0.341 e. The second kappa shape index (κ2) is 5.30. The molecule has 1 N–H and O–H groups in total. The van der Waals surface area contributed by atoms with Gasteiger partial charge >= 0.3 is 11.2 Å². The second-order valence-electron chi connectivity index (χ2n) is 3.79. The monoisotopic (exact) mass is 298 g/mol. The lowest BCUT2D eigenvalue weighted by atomic mass is 10.0. The first kappa shape index (κ1) is 14.0. The van der Waals surface area contributed by atoms with Crippen LogP contribution in [0.5, 0.6) is 5.75 Å². The first-order valence-corrected chi connectivity index (χ1v) is 5.73. The summed E-state index contributed by atoms with van der Waals surface area (Å²) in [6.07, 6.45) is 1.23. The Balaban J connectivity index is 2.76. The quantitative estimate of drug-likeness (QED) is 0.697. The Labute approximate surface area is 116 Å². The summed E-state index contributed by atoms with van der Waals surface area (Å²) < 4.78 is 18.5. The molecule has 0 aliphatic rings. The van der Waals surface area contributed by atoms with Crippen molar-refractivity contribution in [1.82, 2.24) is 4.98 Å². The number of nitrogens with one attached hydrogen (secondary N) is 1. The van der Waals surface area contributed by atoms with E-state index in [1.807, 2.05) is 0 Å². The molecule has 1 aromatic heterocycles. The normalized spacial score (nSPS) is 10.3. The standard InChI is InChI=1S/C12H8ClFN2O4/c1-20-10-5-8(13)7(4-9(10)14)6-2-3-15-12(17)11(6)16(18)19/h2-5H,1H3,(H,15,17). The Bertz CT molecular complexity index is 745. The number of methoxy groups -OCH3 is 1. The van der Waals surface area contributed by atoms with Crippen molar-refractivity contribution < 1.29 is 14.1 Å². The number of rotatable bonds is 3. The van der Waals surface area contributed by atoms with Gasteiger partial charge < -0.3 is 9.72 Å². The lowest BCUT2D eigenvalue weighted by Gasteiger charge is -2.08. The number of benzene rings is 1. The molecule has 0 saturated carbocycles. The van der Waals surface area contributed by atoms with Crippen LogP contribution in [-0.2, 0) is 0 Å². The molecule has 0 spiro atoms. The zero-order chi connectivity index (χ0) is 14.9. The van der Waals surface area contributed by atoms with Crippen molar-refractivity contribution in [3.8, 4) is 16.9 Å². The van der Waals surface area contributed by atoms with Crippen LogP contribution in [0.15, 0.2) is 29.2 Å². The van der Waals surface area contributed by atoms with E-state index >= 15 is 0 Å². The molecule has 0 fully saturated rings. The van der Waals surface area contributed by atoms with Crippen LogP contribution in [0.2, 0.25) is 5.02 Å². The molecule has 6 nitrogen and oxygen atoms in total. The number of hydrogen-bond donors (Lipinski definition) is 1. The van der Waals surface area contributed by atoms with Crippen LogP contribution in [-0.4, -0.2) is 17.0 Å². The molecule has 0 atom stereocenters. The molecular weight excluding hydrogens is 291 g/mol. The zero-order valence-corrected chi connectivity index (χ0v) is 10.9. The van der Waals surface area contributed by atoms with Gasteiger partial charge in [-0.25, -0.2) is 4.39 Å². The molecule has 2 rings (SSSR count). The third-order valence-electron chi connectivity index (χ3n) is 2.65. The van der Waals surface area contributed by atoms with Gasteiger partial charge in [0.05, 0.1) is 22.6 Å². The third kappa shape index (κ3) is 2.35. The van der Waals surface area contributed by atoms with E-state index in [4.69, 9.17) is 16.3 Å². The van der Waals surface area contributed by atoms with Gasteiger partial charge in [-0.1, -0.05) is 11.6 Å². The summed E-state index contributed by atoms with van der Waals surface area (Å²) in [5.41, 5.74) is -1.60. The fourth-order valence-electron chi connectivity index (χ4n) is 1.76. The third-order valence-corrected chi connectivity index (χ3v) is 2.96. The molecule has 0 bridgehead atoms. The van der Waals surface area contributed by atoms with Crippen LogP contribution in [0.3, 0.4) is 0 Å². The summed E-state index contributed by atoms with van der Waals surface area (Å²) in [5, 5.41) is 11.0. The maximum absolute atomic E-state index is 13.7. The number of nitrogens with zero attached hydrogens (tertiary/aromatic N) is 1. The summed E-state index contributed by atoms with van der Waals surface area (Å²) in [6.45, 7) is 0. The van der Waals surface area contributed by atoms with Gasteiger partial charge in [-0.3, -0.25) is 14.9 Å². The van der Waals surface area contributed by atoms with Crippen LogP contribution in [0.1, 0.15) is 0 Å². The highest BCUT2D eigenvalue weighted by atomic mass is 35.5. The number of aromatic nitrogens is 1. The highest BCUT2D eigenvalue weighted by molar-refractivity contribution is 6.33. The van der Waals surface area contributed by atoms with Gasteiger partial charge in [-0.2, -0.15) is 0 Å². The molecule has 0 aliphatic heterocycles. The Hall–Kier alpha value is -2.41. The topological polar surface area (TPSA) is 85.2 Å². The van der Waals surface area contributed by atoms with E-state index in [-0.39, 0.29) is 21.9 Å². The Morgan fingerprint density at radius 2 is 2.10 bits per heavy atom. The van der Waals surface area contributed by atoms with E-state index in [1.165, 1.54) is 25.4 Å². The maximum atomic E-state index is 13.7. The minimum absolute atomic E-state index is 0.0388. The van der Waals surface area contributed by atoms with E-state index in [2.05, 4.69) is 4.98 Å². The van der Waals surface area contributed by atoms with Crippen molar-refractivity contribution in [2.75, 3.05) is 7.11 Å². The van der Waals surface area contributed by atoms with Gasteiger partial charge in [0, 0.05) is 17.8 Å². The summed E-state index contributed by atoms with van der Waals surface area (Å²) in [4.78, 5) is 23.8. The van der Waals surface area contributed by atoms with Crippen molar-refractivity contribution in [2.45, 2.75) is 0 Å². The number of aromatic amines is 1. The minimum atomic E-state index is -0.889. The lowest BCUT2D eigenvalue weighted by molar-refractivity contribution is -0.385. The molecule has 0 radical (unpaired) electrons. The number of pyridine rings is 1. The smallest absolute Gasteiger partial charge is 0.341 e. The average Bonchev–Trinajstić information content (AvgIpc) is 2.40. The fourth-order valence-corrected chi connectivity index (χ4v) is 2.02. The largest absolute Gasteiger partial charge is 0.494 e. The highest BCUT2D eigenvalue weighted by Crippen LogP contribution is 2.36. The van der Waals surface area contributed by atoms with E-state index in [0.717, 1.165) is 6.07 Å². The van der Waals surface area contributed by atoms with Crippen LogP contribution < -0.4 is 10.3 Å². The summed E-state index contributed by atoms with van der Waals surface area (Å²) in [5.74, 6) is -0.826. The number of H-pyrrole nitrogens is 1. The number of nitro groups is 1. The van der Waals surface area contributed by atoms with Crippen molar-refractivity contribution >= 4 is 17.3 Å². The predicted octanol–water partition coefficient (Wildman–Crippen LogP) is 2.75. The van der Waals surface area contributed by atoms with Crippen LogP contribution >= 0.6 is 11.6 Å². The van der Waals surface area contributed by atoms with Crippen molar-refractivity contribution in [2.24, 2.45) is 0 Å². The highest BCUT2D eigenvalue weighted by Gasteiger charge is 2.23. The lowest BCUT2D eigenvalue weighted by Crippen LogP contribution is -2.12. The SMILES string of the molecule is COc1cc(Cl)c(-c2cc[nH]c(=O)c2[N+](=O)[O-])cc1F. The zero-order valence-electron chi connectivity index (χ0n) is 10.1. The van der Waals surface area contributed by atoms with Crippen LogP contribution in [0.4, 0.5) is 10.1 Å². The Kier molecular flexibility index (Phi) is 3.71. The van der Waals surface area contributed by atoms with E-state index < -0.39 is 22.0 Å². The van der Waals surface area contributed by atoms with E-state index in [1.54, 1.807) is 0 Å². The van der Waals surface area contributed by atoms with Gasteiger partial charge in [0.15, 0.2) is 11.6 Å². The number of ether oxygens (including phenoxy) is 1. The molecule has 0 aliphatic carbocycles. The fraction of sp³-hybridized carbons (Fsp3) is 0.0833. The molecule has 0 saturated heterocycles. The summed E-state index contributed by atoms with van der Waals surface area (Å²) in [7, 11) is 1.27. The molecule has 0 amide bonds. The molecule has 1 heterocycles. The molecule has 1 aromatic carbocycles. The number of hydrogen-bond acceptors (Lipinski definition) is 4. The van der Waals surface area contributed by atoms with Crippen molar-refractivity contribution in [1.29, 1.82) is 0 Å². The van der Waals surface area contributed by atoms with Crippen molar-refractivity contribution in [3.63, 3.8) is 0 Å². The first-order valence-electron chi connectivity index (χ1n) is 5.35. The Morgan fingerprint density at radius 1 is 1.40 bits per heavy atom. The van der Waals surface area contributed by atoms with Crippen LogP contribution in [0.25, 0.3) is 11.1 Å². The van der Waals surface area contributed by atoms with E-state index in [9.17, 15) is 19.3 Å². The molecule has 0 unspecified atom stereocenters. The summed E-state index contributed by atoms with van der Waals surface area (Å²) >= 11 is 5.96. The first-order chi connectivity index (χ1) is 9.45. The summed E-state index contributed by atoms with van der Waals surface area (Å²) in [6, 6.07) is 3.47. The molecule has 20 heavy (non-hydrogen) atoms. The minimum Gasteiger partial charge on any atom is -0.494 e.